The molecule has 0 heterocycles. The Morgan fingerprint density at radius 1 is 0.837 bits per heavy atom. The van der Waals surface area contributed by atoms with Crippen LogP contribution >= 0.6 is 11.6 Å². The summed E-state index contributed by atoms with van der Waals surface area (Å²) >= 11 is 6.35. The van der Waals surface area contributed by atoms with Gasteiger partial charge in [-0.15, -0.1) is 0 Å². The third-order valence-electron chi connectivity index (χ3n) is 8.07. The van der Waals surface area contributed by atoms with Gasteiger partial charge in [-0.25, -0.2) is 0 Å². The third kappa shape index (κ3) is 8.77. The van der Waals surface area contributed by atoms with Crippen molar-refractivity contribution in [1.82, 2.24) is 4.90 Å². The first-order valence-electron chi connectivity index (χ1n) is 15.0. The molecular weight excluding hydrogens is 569 g/mol. The first-order chi connectivity index (χ1) is 20.9. The minimum atomic E-state index is -4.51. The number of anilines is 1. The molecule has 0 saturated heterocycles. The van der Waals surface area contributed by atoms with Crippen molar-refractivity contribution in [3.8, 4) is 5.75 Å². The second kappa shape index (κ2) is 14.8. The molecule has 3 nitrogen and oxygen atoms in total. The molecule has 4 aromatic rings. The highest BCUT2D eigenvalue weighted by atomic mass is 35.5. The van der Waals surface area contributed by atoms with Crippen molar-refractivity contribution in [3.05, 3.63) is 130 Å². The van der Waals surface area contributed by atoms with Crippen LogP contribution in [0, 0.1) is 0 Å². The first kappa shape index (κ1) is 31.0. The highest BCUT2D eigenvalue weighted by Gasteiger charge is 2.34. The van der Waals surface area contributed by atoms with Crippen LogP contribution in [0.25, 0.3) is 0 Å². The van der Waals surface area contributed by atoms with E-state index in [0.717, 1.165) is 28.6 Å². The van der Waals surface area contributed by atoms with Crippen LogP contribution in [0.3, 0.4) is 0 Å². The van der Waals surface area contributed by atoms with Gasteiger partial charge in [0.05, 0.1) is 17.2 Å². The Kier molecular flexibility index (Phi) is 10.7. The van der Waals surface area contributed by atoms with Gasteiger partial charge in [0.2, 0.25) is 0 Å². The Morgan fingerprint density at radius 3 is 2.14 bits per heavy atom. The zero-order valence-corrected chi connectivity index (χ0v) is 25.0. The molecule has 0 aromatic heterocycles. The number of hydrogen-bond acceptors (Lipinski definition) is 3. The van der Waals surface area contributed by atoms with Crippen LogP contribution in [-0.4, -0.2) is 30.6 Å². The van der Waals surface area contributed by atoms with Crippen molar-refractivity contribution in [2.75, 3.05) is 25.0 Å². The van der Waals surface area contributed by atoms with E-state index < -0.39 is 11.7 Å². The van der Waals surface area contributed by atoms with Crippen LogP contribution in [0.4, 0.5) is 18.9 Å². The summed E-state index contributed by atoms with van der Waals surface area (Å²) in [4.78, 5) is 2.19. The van der Waals surface area contributed by atoms with Gasteiger partial charge in [-0.05, 0) is 54.2 Å². The highest BCUT2D eigenvalue weighted by molar-refractivity contribution is 6.32. The number of hydrogen-bond donors (Lipinski definition) is 1. The highest BCUT2D eigenvalue weighted by Crippen LogP contribution is 2.37. The maximum Gasteiger partial charge on any atom is 0.417 e. The van der Waals surface area contributed by atoms with E-state index in [4.69, 9.17) is 16.3 Å². The average Bonchev–Trinajstić information content (AvgIpc) is 3.52. The molecule has 0 amide bonds. The molecule has 1 N–H and O–H groups in total. The number of ether oxygens (including phenoxy) is 1. The molecule has 1 fully saturated rings. The molecule has 226 valence electrons. The lowest BCUT2D eigenvalue weighted by Gasteiger charge is -2.29. The van der Waals surface area contributed by atoms with E-state index in [2.05, 4.69) is 40.5 Å². The van der Waals surface area contributed by atoms with Crippen molar-refractivity contribution >= 4 is 17.3 Å². The van der Waals surface area contributed by atoms with Gasteiger partial charge < -0.3 is 10.1 Å². The van der Waals surface area contributed by atoms with Gasteiger partial charge in [-0.1, -0.05) is 103 Å². The standard InChI is InChI=1S/C36H38ClF3N2O/c37-35-29(16-9-21-34(35)36(38,39)40)25-42(26-33(27-12-3-1-4-13-27)28-14-5-2-6-15-28)22-11-23-43-32-20-10-19-31(24-32)41-30-17-7-8-18-30/h1-6,9-10,12-16,19-21,24,30,33,41H,7-8,11,17-18,22-23,25-26H2. The molecule has 0 unspecified atom stereocenters. The Balaban J connectivity index is 1.31. The van der Waals surface area contributed by atoms with Gasteiger partial charge in [0, 0.05) is 43.3 Å². The van der Waals surface area contributed by atoms with Crippen molar-refractivity contribution in [1.29, 1.82) is 0 Å². The largest absolute Gasteiger partial charge is 0.493 e. The van der Waals surface area contributed by atoms with Crippen molar-refractivity contribution < 1.29 is 17.9 Å². The monoisotopic (exact) mass is 606 g/mol. The smallest absolute Gasteiger partial charge is 0.417 e. The zero-order valence-electron chi connectivity index (χ0n) is 24.2. The molecule has 5 rings (SSSR count). The second-order valence-corrected chi connectivity index (χ2v) is 11.6. The molecule has 1 saturated carbocycles. The predicted octanol–water partition coefficient (Wildman–Crippen LogP) is 9.82. The lowest BCUT2D eigenvalue weighted by molar-refractivity contribution is -0.137. The number of halogens is 4. The van der Waals surface area contributed by atoms with Gasteiger partial charge in [0.15, 0.2) is 0 Å². The lowest BCUT2D eigenvalue weighted by atomic mass is 9.90. The molecule has 7 heteroatoms. The molecule has 4 aromatic carbocycles. The minimum Gasteiger partial charge on any atom is -0.493 e. The quantitative estimate of drug-likeness (QED) is 0.153. The van der Waals surface area contributed by atoms with Crippen LogP contribution in [-0.2, 0) is 12.7 Å². The molecule has 0 bridgehead atoms. The summed E-state index contributed by atoms with van der Waals surface area (Å²) < 4.78 is 47.1. The second-order valence-electron chi connectivity index (χ2n) is 11.2. The fourth-order valence-electron chi connectivity index (χ4n) is 5.89. The molecule has 0 aliphatic heterocycles. The number of alkyl halides is 3. The molecule has 1 aliphatic rings. The summed E-state index contributed by atoms with van der Waals surface area (Å²) in [6.45, 7) is 2.02. The topological polar surface area (TPSA) is 24.5 Å². The molecule has 0 radical (unpaired) electrons. The van der Waals surface area contributed by atoms with Crippen LogP contribution in [0.1, 0.15) is 60.3 Å². The van der Waals surface area contributed by atoms with Gasteiger partial charge in [-0.3, -0.25) is 4.90 Å². The Bertz CT molecular complexity index is 1390. The van der Waals surface area contributed by atoms with Gasteiger partial charge >= 0.3 is 6.18 Å². The van der Waals surface area contributed by atoms with Crippen LogP contribution in [0.15, 0.2) is 103 Å². The summed E-state index contributed by atoms with van der Waals surface area (Å²) in [5.74, 6) is 0.841. The summed E-state index contributed by atoms with van der Waals surface area (Å²) in [7, 11) is 0. The molecule has 43 heavy (non-hydrogen) atoms. The van der Waals surface area contributed by atoms with Crippen LogP contribution in [0.5, 0.6) is 5.75 Å². The first-order valence-corrected chi connectivity index (χ1v) is 15.4. The third-order valence-corrected chi connectivity index (χ3v) is 8.52. The van der Waals surface area contributed by atoms with Gasteiger partial charge in [-0.2, -0.15) is 13.2 Å². The van der Waals surface area contributed by atoms with E-state index >= 15 is 0 Å². The number of benzene rings is 4. The van der Waals surface area contributed by atoms with E-state index in [9.17, 15) is 13.2 Å². The Labute approximate surface area is 257 Å². The molecule has 1 aliphatic carbocycles. The van der Waals surface area contributed by atoms with Crippen LogP contribution < -0.4 is 10.1 Å². The van der Waals surface area contributed by atoms with Gasteiger partial charge in [0.25, 0.3) is 0 Å². The predicted molar refractivity (Wildman–Crippen MR) is 169 cm³/mol. The van der Waals surface area contributed by atoms with E-state index in [0.29, 0.717) is 44.3 Å². The normalized spacial score (nSPS) is 14.0. The molecule has 0 spiro atoms. The van der Waals surface area contributed by atoms with Crippen LogP contribution in [0.2, 0.25) is 5.02 Å². The zero-order chi connectivity index (χ0) is 30.1. The van der Waals surface area contributed by atoms with E-state index in [1.165, 1.54) is 31.7 Å². The number of nitrogens with one attached hydrogen (secondary N) is 1. The fraction of sp³-hybridized carbons (Fsp3) is 0.333. The summed E-state index contributed by atoms with van der Waals surface area (Å²) in [6.07, 6.45) is 1.13. The van der Waals surface area contributed by atoms with E-state index in [1.807, 2.05) is 54.6 Å². The molecular formula is C36H38ClF3N2O. The SMILES string of the molecule is FC(F)(F)c1cccc(CN(CCCOc2cccc(NC3CCCC3)c2)CC(c2ccccc2)c2ccccc2)c1Cl. The van der Waals surface area contributed by atoms with Gasteiger partial charge in [0.1, 0.15) is 5.75 Å². The van der Waals surface area contributed by atoms with E-state index in [-0.39, 0.29) is 10.9 Å². The van der Waals surface area contributed by atoms with Crippen molar-refractivity contribution in [2.45, 2.75) is 56.8 Å². The maximum absolute atomic E-state index is 13.7. The summed E-state index contributed by atoms with van der Waals surface area (Å²) in [5, 5.41) is 3.37. The Hall–Kier alpha value is -3.48. The lowest BCUT2D eigenvalue weighted by Crippen LogP contribution is -2.31. The minimum absolute atomic E-state index is 0.0336. The fourth-order valence-corrected chi connectivity index (χ4v) is 6.18. The van der Waals surface area contributed by atoms with Crippen molar-refractivity contribution in [3.63, 3.8) is 0 Å². The van der Waals surface area contributed by atoms with E-state index in [1.54, 1.807) is 6.07 Å². The number of nitrogens with zero attached hydrogens (tertiary/aromatic N) is 1. The van der Waals surface area contributed by atoms with Crippen molar-refractivity contribution in [2.24, 2.45) is 0 Å². The summed E-state index contributed by atoms with van der Waals surface area (Å²) in [5.41, 5.74) is 3.03. The average molecular weight is 607 g/mol. The number of rotatable bonds is 13. The Morgan fingerprint density at radius 2 is 1.49 bits per heavy atom. The molecule has 0 atom stereocenters. The maximum atomic E-state index is 13.7. The summed E-state index contributed by atoms with van der Waals surface area (Å²) in [6, 6.07) is 33.2.